The second-order valence-corrected chi connectivity index (χ2v) is 9.01. The average molecular weight is 646 g/mol. The normalized spacial score (nSPS) is 13.1. The fourth-order valence-corrected chi connectivity index (χ4v) is 4.16. The van der Waals surface area contributed by atoms with Crippen LogP contribution in [0.2, 0.25) is 5.02 Å². The molecular weight excluding hydrogens is 625 g/mol. The van der Waals surface area contributed by atoms with E-state index in [-0.39, 0.29) is 35.3 Å². The van der Waals surface area contributed by atoms with Gasteiger partial charge >= 0.3 is 24.5 Å². The minimum atomic E-state index is -5.51. The summed E-state index contributed by atoms with van der Waals surface area (Å²) >= 11 is 5.99. The lowest BCUT2D eigenvalue weighted by atomic mass is 10.1. The molecule has 2 aromatic carbocycles. The molecule has 0 radical (unpaired) electrons. The Labute approximate surface area is 242 Å². The molecule has 0 spiro atoms. The van der Waals surface area contributed by atoms with Crippen molar-refractivity contribution < 1.29 is 53.8 Å². The number of nitrogens with zero attached hydrogens (tertiary/aromatic N) is 3. The first-order valence-electron chi connectivity index (χ1n) is 12.2. The van der Waals surface area contributed by atoms with E-state index in [1.54, 1.807) is 6.07 Å². The molecule has 0 saturated heterocycles. The Kier molecular flexibility index (Phi) is 10.1. The minimum absolute atomic E-state index is 0.0715. The number of benzene rings is 2. The maximum Gasteiger partial charge on any atom is 0.433 e. The molecule has 1 aromatic heterocycles. The van der Waals surface area contributed by atoms with Gasteiger partial charge in [0.2, 0.25) is 12.2 Å². The second kappa shape index (κ2) is 12.8. The summed E-state index contributed by atoms with van der Waals surface area (Å²) in [5.74, 6) is -2.64. The zero-order valence-electron chi connectivity index (χ0n) is 22.1. The fourth-order valence-electron chi connectivity index (χ4n) is 3.85. The third-order valence-corrected chi connectivity index (χ3v) is 6.07. The molecule has 0 aliphatic rings. The smallest absolute Gasteiger partial charge is 0.433 e. The van der Waals surface area contributed by atoms with Crippen molar-refractivity contribution in [3.8, 4) is 0 Å². The Morgan fingerprint density at radius 3 is 2.07 bits per heavy atom. The van der Waals surface area contributed by atoms with Crippen molar-refractivity contribution in [2.45, 2.75) is 45.1 Å². The SMILES string of the molecule is CCOC(=O)C(OCC)N(c1cc(C(F)(F)F)cc(C(F)(F)F)c1Cl)c1nc(C(F)(F)F)cc(=O)n1Cc1ccccc1. The van der Waals surface area contributed by atoms with E-state index in [9.17, 15) is 49.1 Å². The van der Waals surface area contributed by atoms with Crippen LogP contribution in [0.1, 0.15) is 36.2 Å². The van der Waals surface area contributed by atoms with Crippen molar-refractivity contribution in [2.24, 2.45) is 0 Å². The number of hydrogen-bond acceptors (Lipinski definition) is 6. The van der Waals surface area contributed by atoms with E-state index in [1.165, 1.54) is 38.1 Å². The van der Waals surface area contributed by atoms with Crippen LogP contribution in [0.25, 0.3) is 0 Å². The molecule has 0 saturated carbocycles. The van der Waals surface area contributed by atoms with Gasteiger partial charge in [-0.1, -0.05) is 41.9 Å². The fraction of sp³-hybridized carbons (Fsp3) is 0.346. The maximum atomic E-state index is 13.9. The number of hydrogen-bond donors (Lipinski definition) is 0. The number of carbonyl (C=O) groups excluding carboxylic acids is 1. The summed E-state index contributed by atoms with van der Waals surface area (Å²) in [5.41, 5.74) is -8.25. The number of anilines is 2. The Hall–Kier alpha value is -3.79. The quantitative estimate of drug-likeness (QED) is 0.141. The van der Waals surface area contributed by atoms with Crippen LogP contribution in [0.4, 0.5) is 51.1 Å². The third-order valence-electron chi connectivity index (χ3n) is 5.67. The molecule has 234 valence electrons. The number of alkyl halides is 9. The standard InChI is InChI=1S/C26H21ClF9N3O4/c1-3-42-21(22(41)43-4-2)39(17-11-15(24(28,29)30)10-16(20(17)27)25(31,32)33)23-37-18(26(34,35)36)12-19(40)38(23)13-14-8-6-5-7-9-14/h5-12,21H,3-4,13H2,1-2H3. The lowest BCUT2D eigenvalue weighted by Gasteiger charge is -2.34. The molecule has 1 heterocycles. The van der Waals surface area contributed by atoms with Crippen LogP contribution in [0, 0.1) is 0 Å². The summed E-state index contributed by atoms with van der Waals surface area (Å²) in [7, 11) is 0. The monoisotopic (exact) mass is 645 g/mol. The summed E-state index contributed by atoms with van der Waals surface area (Å²) in [6, 6.07) is 7.28. The number of esters is 1. The van der Waals surface area contributed by atoms with Gasteiger partial charge < -0.3 is 9.47 Å². The first-order valence-corrected chi connectivity index (χ1v) is 12.6. The van der Waals surface area contributed by atoms with Gasteiger partial charge in [0.15, 0.2) is 5.69 Å². The molecule has 7 nitrogen and oxygen atoms in total. The van der Waals surface area contributed by atoms with Crippen molar-refractivity contribution in [1.29, 1.82) is 0 Å². The van der Waals surface area contributed by atoms with Crippen molar-refractivity contribution in [1.82, 2.24) is 9.55 Å². The largest absolute Gasteiger partial charge is 0.463 e. The molecule has 0 aliphatic carbocycles. The lowest BCUT2D eigenvalue weighted by molar-refractivity contribution is -0.155. The molecule has 43 heavy (non-hydrogen) atoms. The average Bonchev–Trinajstić information content (AvgIpc) is 2.89. The predicted octanol–water partition coefficient (Wildman–Crippen LogP) is 7.07. The van der Waals surface area contributed by atoms with Crippen LogP contribution in [-0.4, -0.2) is 35.0 Å². The summed E-state index contributed by atoms with van der Waals surface area (Å²) in [6.07, 6.45) is -18.6. The van der Waals surface area contributed by atoms with Crippen molar-refractivity contribution in [3.63, 3.8) is 0 Å². The van der Waals surface area contributed by atoms with E-state index in [4.69, 9.17) is 21.1 Å². The van der Waals surface area contributed by atoms with Gasteiger partial charge in [0.25, 0.3) is 5.56 Å². The summed E-state index contributed by atoms with van der Waals surface area (Å²) in [6.45, 7) is 1.16. The zero-order valence-corrected chi connectivity index (χ0v) is 22.8. The Bertz CT molecular complexity index is 1510. The number of ether oxygens (including phenoxy) is 2. The van der Waals surface area contributed by atoms with Gasteiger partial charge in [-0.15, -0.1) is 0 Å². The maximum absolute atomic E-state index is 13.9. The van der Waals surface area contributed by atoms with Crippen LogP contribution >= 0.6 is 11.6 Å². The van der Waals surface area contributed by atoms with Gasteiger partial charge in [0.1, 0.15) is 0 Å². The molecule has 0 N–H and O–H groups in total. The van der Waals surface area contributed by atoms with Gasteiger partial charge in [-0.3, -0.25) is 14.3 Å². The Balaban J connectivity index is 2.56. The Morgan fingerprint density at radius 2 is 1.56 bits per heavy atom. The highest BCUT2D eigenvalue weighted by Crippen LogP contribution is 2.46. The highest BCUT2D eigenvalue weighted by atomic mass is 35.5. The van der Waals surface area contributed by atoms with Gasteiger partial charge in [-0.05, 0) is 31.5 Å². The number of carbonyl (C=O) groups is 1. The first kappa shape index (κ1) is 33.7. The molecule has 0 amide bonds. The number of aromatic nitrogens is 2. The van der Waals surface area contributed by atoms with Crippen LogP contribution in [-0.2, 0) is 39.3 Å². The van der Waals surface area contributed by atoms with Crippen LogP contribution in [0.15, 0.2) is 53.3 Å². The summed E-state index contributed by atoms with van der Waals surface area (Å²) in [4.78, 5) is 29.7. The molecule has 3 aromatic rings. The van der Waals surface area contributed by atoms with Gasteiger partial charge in [-0.25, -0.2) is 9.78 Å². The van der Waals surface area contributed by atoms with E-state index in [0.29, 0.717) is 4.57 Å². The van der Waals surface area contributed by atoms with Crippen molar-refractivity contribution in [3.05, 3.63) is 86.3 Å². The molecule has 0 aliphatic heterocycles. The molecule has 3 rings (SSSR count). The number of halogens is 10. The van der Waals surface area contributed by atoms with E-state index in [2.05, 4.69) is 4.98 Å². The van der Waals surface area contributed by atoms with Gasteiger partial charge in [0.05, 0.1) is 35.0 Å². The first-order chi connectivity index (χ1) is 19.9. The third kappa shape index (κ3) is 7.79. The van der Waals surface area contributed by atoms with E-state index < -0.39 is 82.9 Å². The molecule has 17 heteroatoms. The van der Waals surface area contributed by atoms with Crippen LogP contribution in [0.5, 0.6) is 0 Å². The predicted molar refractivity (Wildman–Crippen MR) is 135 cm³/mol. The van der Waals surface area contributed by atoms with Crippen molar-refractivity contribution in [2.75, 3.05) is 18.1 Å². The second-order valence-electron chi connectivity index (χ2n) is 8.63. The van der Waals surface area contributed by atoms with Gasteiger partial charge in [0, 0.05) is 12.7 Å². The summed E-state index contributed by atoms with van der Waals surface area (Å²) in [5, 5.41) is -1.45. The molecule has 0 bridgehead atoms. The molecule has 0 fully saturated rings. The van der Waals surface area contributed by atoms with Crippen LogP contribution < -0.4 is 10.5 Å². The van der Waals surface area contributed by atoms with Crippen molar-refractivity contribution >= 4 is 29.2 Å². The van der Waals surface area contributed by atoms with Gasteiger partial charge in [-0.2, -0.15) is 39.5 Å². The van der Waals surface area contributed by atoms with E-state index in [1.807, 2.05) is 0 Å². The lowest BCUT2D eigenvalue weighted by Crippen LogP contribution is -2.45. The van der Waals surface area contributed by atoms with E-state index >= 15 is 0 Å². The topological polar surface area (TPSA) is 73.7 Å². The molecule has 1 atom stereocenters. The van der Waals surface area contributed by atoms with E-state index in [0.717, 1.165) is 0 Å². The minimum Gasteiger partial charge on any atom is -0.463 e. The molecule has 1 unspecified atom stereocenters. The van der Waals surface area contributed by atoms with Crippen LogP contribution in [0.3, 0.4) is 0 Å². The highest BCUT2D eigenvalue weighted by molar-refractivity contribution is 6.34. The highest BCUT2D eigenvalue weighted by Gasteiger charge is 2.44. The molecular formula is C26H21ClF9N3O4. The number of rotatable bonds is 9. The summed E-state index contributed by atoms with van der Waals surface area (Å²) < 4.78 is 136. The zero-order chi connectivity index (χ0) is 32.3. The Morgan fingerprint density at radius 1 is 0.930 bits per heavy atom.